The molecule has 0 atom stereocenters. The summed E-state index contributed by atoms with van der Waals surface area (Å²) in [5.41, 5.74) is 3.12. The van der Waals surface area contributed by atoms with Crippen LogP contribution in [0.25, 0.3) is 32.0 Å². The third-order valence-corrected chi connectivity index (χ3v) is 4.06. The molecule has 0 amide bonds. The number of fused-ring (bicyclic) bond motifs is 3. The molecule has 0 N–H and O–H groups in total. The van der Waals surface area contributed by atoms with Crippen LogP contribution in [0.4, 0.5) is 0 Å². The first-order chi connectivity index (χ1) is 8.83. The molecule has 0 saturated carbocycles. The molecule has 18 heavy (non-hydrogen) atoms. The van der Waals surface area contributed by atoms with Crippen molar-refractivity contribution in [1.82, 2.24) is 14.5 Å². The zero-order valence-electron chi connectivity index (χ0n) is 9.62. The van der Waals surface area contributed by atoms with E-state index >= 15 is 0 Å². The smallest absolute Gasteiger partial charge is 0.162 e. The first-order valence-corrected chi connectivity index (χ1v) is 6.39. The maximum atomic E-state index is 5.40. The minimum atomic E-state index is 0.812. The Morgan fingerprint density at radius 2 is 2.11 bits per heavy atom. The van der Waals surface area contributed by atoms with Crippen LogP contribution in [0.3, 0.4) is 0 Å². The second-order valence-electron chi connectivity index (χ2n) is 4.13. The van der Waals surface area contributed by atoms with E-state index < -0.39 is 0 Å². The van der Waals surface area contributed by atoms with Gasteiger partial charge in [0.15, 0.2) is 10.8 Å². The quantitative estimate of drug-likeness (QED) is 0.523. The Kier molecular flexibility index (Phi) is 1.87. The van der Waals surface area contributed by atoms with Gasteiger partial charge in [-0.15, -0.1) is 11.3 Å². The number of hydrogen-bond donors (Lipinski definition) is 0. The Labute approximate surface area is 107 Å². The van der Waals surface area contributed by atoms with Crippen molar-refractivity contribution >= 4 is 32.6 Å². The Balaban J connectivity index is 2.10. The fourth-order valence-electron chi connectivity index (χ4n) is 2.12. The molecular weight excluding hydrogens is 246 g/mol. The monoisotopic (exact) mass is 255 g/mol. The van der Waals surface area contributed by atoms with Crippen molar-refractivity contribution in [2.24, 2.45) is 7.05 Å². The molecule has 0 unspecified atom stereocenters. The van der Waals surface area contributed by atoms with Gasteiger partial charge in [0.05, 0.1) is 33.8 Å². The number of rotatable bonds is 1. The lowest BCUT2D eigenvalue weighted by Crippen LogP contribution is -1.83. The molecule has 0 aliphatic heterocycles. The van der Waals surface area contributed by atoms with E-state index in [9.17, 15) is 0 Å². The number of nitrogens with zero attached hydrogens (tertiary/aromatic N) is 3. The zero-order valence-corrected chi connectivity index (χ0v) is 10.4. The lowest BCUT2D eigenvalue weighted by molar-refractivity contribution is 0.582. The van der Waals surface area contributed by atoms with E-state index in [1.807, 2.05) is 42.2 Å². The van der Waals surface area contributed by atoms with Crippen molar-refractivity contribution in [2.75, 3.05) is 0 Å². The molecule has 0 bridgehead atoms. The fraction of sp³-hybridized carbons (Fsp3) is 0.0769. The van der Waals surface area contributed by atoms with Crippen LogP contribution in [-0.4, -0.2) is 14.5 Å². The van der Waals surface area contributed by atoms with Crippen molar-refractivity contribution in [1.29, 1.82) is 0 Å². The van der Waals surface area contributed by atoms with Crippen molar-refractivity contribution < 1.29 is 4.42 Å². The van der Waals surface area contributed by atoms with Crippen molar-refractivity contribution in [2.45, 2.75) is 0 Å². The number of thiazole rings is 1. The molecule has 0 spiro atoms. The van der Waals surface area contributed by atoms with Crippen LogP contribution in [0.15, 0.2) is 41.3 Å². The summed E-state index contributed by atoms with van der Waals surface area (Å²) in [6.07, 6.45) is 3.50. The SMILES string of the molecule is Cn1cnc2ccc3nc(-c4ccco4)sc3c21. The Morgan fingerprint density at radius 1 is 1.22 bits per heavy atom. The van der Waals surface area contributed by atoms with Gasteiger partial charge in [-0.2, -0.15) is 0 Å². The van der Waals surface area contributed by atoms with Gasteiger partial charge in [0.1, 0.15) is 0 Å². The number of aryl methyl sites for hydroxylation is 1. The summed E-state index contributed by atoms with van der Waals surface area (Å²) in [6, 6.07) is 7.82. The van der Waals surface area contributed by atoms with Crippen molar-refractivity contribution in [3.63, 3.8) is 0 Å². The number of hydrogen-bond acceptors (Lipinski definition) is 4. The maximum Gasteiger partial charge on any atom is 0.162 e. The highest BCUT2D eigenvalue weighted by Gasteiger charge is 2.13. The summed E-state index contributed by atoms with van der Waals surface area (Å²) < 4.78 is 8.58. The number of furan rings is 1. The maximum absolute atomic E-state index is 5.40. The molecule has 88 valence electrons. The fourth-order valence-corrected chi connectivity index (χ4v) is 3.24. The van der Waals surface area contributed by atoms with Gasteiger partial charge in [-0.1, -0.05) is 0 Å². The standard InChI is InChI=1S/C13H9N3OS/c1-16-7-14-8-4-5-9-12(11(8)16)18-13(15-9)10-3-2-6-17-10/h2-7H,1H3. The number of benzene rings is 1. The highest BCUT2D eigenvalue weighted by molar-refractivity contribution is 7.22. The molecule has 4 rings (SSSR count). The molecular formula is C13H9N3OS. The van der Waals surface area contributed by atoms with E-state index in [4.69, 9.17) is 4.42 Å². The van der Waals surface area contributed by atoms with Gasteiger partial charge in [-0.3, -0.25) is 0 Å². The van der Waals surface area contributed by atoms with Crippen LogP contribution < -0.4 is 0 Å². The average molecular weight is 255 g/mol. The van der Waals surface area contributed by atoms with E-state index in [-0.39, 0.29) is 0 Å². The lowest BCUT2D eigenvalue weighted by Gasteiger charge is -1.94. The predicted octanol–water partition coefficient (Wildman–Crippen LogP) is 3.44. The second kappa shape index (κ2) is 3.43. The minimum absolute atomic E-state index is 0.812. The summed E-state index contributed by atoms with van der Waals surface area (Å²) in [6.45, 7) is 0. The zero-order chi connectivity index (χ0) is 12.1. The Morgan fingerprint density at radius 3 is 2.94 bits per heavy atom. The van der Waals surface area contributed by atoms with Gasteiger partial charge in [0.2, 0.25) is 0 Å². The van der Waals surface area contributed by atoms with Gasteiger partial charge in [0.25, 0.3) is 0 Å². The summed E-state index contributed by atoms with van der Waals surface area (Å²) >= 11 is 1.64. The summed E-state index contributed by atoms with van der Waals surface area (Å²) in [4.78, 5) is 8.97. The Hall–Kier alpha value is -2.14. The molecule has 0 aliphatic rings. The first kappa shape index (κ1) is 9.85. The summed E-state index contributed by atoms with van der Waals surface area (Å²) in [7, 11) is 2.00. The van der Waals surface area contributed by atoms with Crippen LogP contribution in [0.5, 0.6) is 0 Å². The van der Waals surface area contributed by atoms with E-state index in [1.165, 1.54) is 0 Å². The summed E-state index contributed by atoms with van der Waals surface area (Å²) in [5.74, 6) is 0.812. The summed E-state index contributed by atoms with van der Waals surface area (Å²) in [5, 5.41) is 0.906. The van der Waals surface area contributed by atoms with Crippen LogP contribution >= 0.6 is 11.3 Å². The largest absolute Gasteiger partial charge is 0.462 e. The van der Waals surface area contributed by atoms with Gasteiger partial charge in [-0.05, 0) is 24.3 Å². The highest BCUT2D eigenvalue weighted by atomic mass is 32.1. The highest BCUT2D eigenvalue weighted by Crippen LogP contribution is 2.34. The molecule has 0 saturated heterocycles. The molecule has 4 aromatic rings. The van der Waals surface area contributed by atoms with E-state index in [0.717, 1.165) is 32.0 Å². The van der Waals surface area contributed by atoms with Gasteiger partial charge >= 0.3 is 0 Å². The van der Waals surface area contributed by atoms with Gasteiger partial charge in [-0.25, -0.2) is 9.97 Å². The second-order valence-corrected chi connectivity index (χ2v) is 5.13. The van der Waals surface area contributed by atoms with Crippen LogP contribution in [-0.2, 0) is 7.05 Å². The minimum Gasteiger partial charge on any atom is -0.462 e. The van der Waals surface area contributed by atoms with E-state index in [0.29, 0.717) is 0 Å². The molecule has 0 fully saturated rings. The molecule has 3 aromatic heterocycles. The van der Waals surface area contributed by atoms with Crippen LogP contribution in [0.1, 0.15) is 0 Å². The molecule has 4 nitrogen and oxygen atoms in total. The molecule has 0 radical (unpaired) electrons. The van der Waals surface area contributed by atoms with Crippen molar-refractivity contribution in [3.05, 3.63) is 36.9 Å². The van der Waals surface area contributed by atoms with Crippen LogP contribution in [0, 0.1) is 0 Å². The third-order valence-electron chi connectivity index (χ3n) is 2.96. The van der Waals surface area contributed by atoms with Gasteiger partial charge < -0.3 is 8.98 Å². The van der Waals surface area contributed by atoms with E-state index in [2.05, 4.69) is 9.97 Å². The van der Waals surface area contributed by atoms with Crippen LogP contribution in [0.2, 0.25) is 0 Å². The third kappa shape index (κ3) is 1.25. The molecule has 0 aliphatic carbocycles. The normalized spacial score (nSPS) is 11.6. The number of imidazole rings is 1. The molecule has 3 heterocycles. The topological polar surface area (TPSA) is 43.9 Å². The predicted molar refractivity (Wildman–Crippen MR) is 71.6 cm³/mol. The molecule has 5 heteroatoms. The van der Waals surface area contributed by atoms with Crippen molar-refractivity contribution in [3.8, 4) is 10.8 Å². The van der Waals surface area contributed by atoms with E-state index in [1.54, 1.807) is 17.6 Å². The number of aromatic nitrogens is 3. The molecule has 1 aromatic carbocycles. The first-order valence-electron chi connectivity index (χ1n) is 5.57. The van der Waals surface area contributed by atoms with Gasteiger partial charge in [0, 0.05) is 7.05 Å². The average Bonchev–Trinajstić information content (AvgIpc) is 3.05. The lowest BCUT2D eigenvalue weighted by atomic mass is 10.3. The Bertz CT molecular complexity index is 842.